The van der Waals surface area contributed by atoms with Gasteiger partial charge in [0.15, 0.2) is 0 Å². The lowest BCUT2D eigenvalue weighted by molar-refractivity contribution is 0.346. The van der Waals surface area contributed by atoms with Crippen molar-refractivity contribution in [3.8, 4) is 0 Å². The van der Waals surface area contributed by atoms with Crippen LogP contribution < -0.4 is 5.32 Å². The van der Waals surface area contributed by atoms with Gasteiger partial charge in [-0.15, -0.1) is 0 Å². The Bertz CT molecular complexity index is 818. The molecule has 2 aromatic carbocycles. The summed E-state index contributed by atoms with van der Waals surface area (Å²) in [6, 6.07) is 14.9. The Balaban J connectivity index is 1.73. The molecule has 0 aromatic heterocycles. The topological polar surface area (TPSA) is 49.4 Å². The van der Waals surface area contributed by atoms with Crippen molar-refractivity contribution in [1.29, 1.82) is 0 Å². The van der Waals surface area contributed by atoms with Crippen molar-refractivity contribution in [3.63, 3.8) is 0 Å². The number of rotatable bonds is 6. The van der Waals surface area contributed by atoms with Gasteiger partial charge in [-0.05, 0) is 36.1 Å². The molecule has 0 atom stereocenters. The lowest BCUT2D eigenvalue weighted by atomic mass is 10.2. The van der Waals surface area contributed by atoms with E-state index in [1.54, 1.807) is 16.4 Å². The summed E-state index contributed by atoms with van der Waals surface area (Å²) in [5, 5.41) is 4.02. The average molecular weight is 379 g/mol. The zero-order valence-electron chi connectivity index (χ0n) is 14.1. The highest BCUT2D eigenvalue weighted by Gasteiger charge is 2.27. The van der Waals surface area contributed by atoms with Crippen molar-refractivity contribution in [2.75, 3.05) is 13.1 Å². The average Bonchev–Trinajstić information content (AvgIpc) is 2.64. The van der Waals surface area contributed by atoms with E-state index in [0.717, 1.165) is 30.4 Å². The number of nitrogens with zero attached hydrogens (tertiary/aromatic N) is 1. The first kappa shape index (κ1) is 18.4. The molecule has 0 spiro atoms. The standard InChI is InChI=1S/C19H23ClN2O2S/c20-18-10-4-2-8-16(18)14-21-15-17-9-3-5-11-19(17)25(23,24)22-12-6-1-7-13-22/h2-5,8-11,21H,1,6-7,12-15H2. The van der Waals surface area contributed by atoms with Crippen molar-refractivity contribution >= 4 is 21.6 Å². The molecule has 0 saturated carbocycles. The molecule has 6 heteroatoms. The first-order chi connectivity index (χ1) is 12.1. The zero-order valence-corrected chi connectivity index (χ0v) is 15.7. The van der Waals surface area contributed by atoms with Gasteiger partial charge in [0, 0.05) is 31.2 Å². The van der Waals surface area contributed by atoms with Crippen LogP contribution in [0.15, 0.2) is 53.4 Å². The van der Waals surface area contributed by atoms with Gasteiger partial charge < -0.3 is 5.32 Å². The largest absolute Gasteiger partial charge is 0.309 e. The summed E-state index contributed by atoms with van der Waals surface area (Å²) >= 11 is 6.17. The maximum absolute atomic E-state index is 13.0. The van der Waals surface area contributed by atoms with Crippen LogP contribution in [0.25, 0.3) is 0 Å². The maximum Gasteiger partial charge on any atom is 0.243 e. The molecule has 1 saturated heterocycles. The minimum absolute atomic E-state index is 0.406. The van der Waals surface area contributed by atoms with Crippen LogP contribution in [0.5, 0.6) is 0 Å². The van der Waals surface area contributed by atoms with Gasteiger partial charge >= 0.3 is 0 Å². The van der Waals surface area contributed by atoms with E-state index in [4.69, 9.17) is 11.6 Å². The third-order valence-corrected chi connectivity index (χ3v) is 6.86. The molecule has 134 valence electrons. The number of hydrogen-bond acceptors (Lipinski definition) is 3. The second kappa shape index (κ2) is 8.32. The summed E-state index contributed by atoms with van der Waals surface area (Å²) in [7, 11) is -3.43. The SMILES string of the molecule is O=S(=O)(c1ccccc1CNCc1ccccc1Cl)N1CCCCC1. The Labute approximate surface area is 154 Å². The van der Waals surface area contributed by atoms with Crippen LogP contribution in [0.1, 0.15) is 30.4 Å². The number of piperidine rings is 1. The van der Waals surface area contributed by atoms with Crippen molar-refractivity contribution in [2.45, 2.75) is 37.2 Å². The summed E-state index contributed by atoms with van der Waals surface area (Å²) < 4.78 is 27.6. The van der Waals surface area contributed by atoms with Crippen LogP contribution in [-0.2, 0) is 23.1 Å². The molecule has 2 aromatic rings. The second-order valence-electron chi connectivity index (χ2n) is 6.27. The Hall–Kier alpha value is -1.40. The number of sulfonamides is 1. The van der Waals surface area contributed by atoms with Gasteiger partial charge in [0.25, 0.3) is 0 Å². The number of nitrogens with one attached hydrogen (secondary N) is 1. The predicted molar refractivity (Wildman–Crippen MR) is 101 cm³/mol. The first-order valence-corrected chi connectivity index (χ1v) is 10.4. The minimum Gasteiger partial charge on any atom is -0.309 e. The highest BCUT2D eigenvalue weighted by molar-refractivity contribution is 7.89. The Morgan fingerprint density at radius 2 is 1.48 bits per heavy atom. The van der Waals surface area contributed by atoms with E-state index in [0.29, 0.717) is 36.1 Å². The fourth-order valence-corrected chi connectivity index (χ4v) is 5.06. The normalized spacial score (nSPS) is 16.0. The molecule has 1 aliphatic heterocycles. The van der Waals surface area contributed by atoms with E-state index in [1.807, 2.05) is 36.4 Å². The van der Waals surface area contributed by atoms with Crippen molar-refractivity contribution in [1.82, 2.24) is 9.62 Å². The fraction of sp³-hybridized carbons (Fsp3) is 0.368. The third-order valence-electron chi connectivity index (χ3n) is 4.49. The highest BCUT2D eigenvalue weighted by atomic mass is 35.5. The van der Waals surface area contributed by atoms with Gasteiger partial charge in [0.2, 0.25) is 10.0 Å². The number of hydrogen-bond donors (Lipinski definition) is 1. The number of halogens is 1. The van der Waals surface area contributed by atoms with Crippen LogP contribution in [0, 0.1) is 0 Å². The summed E-state index contributed by atoms with van der Waals surface area (Å²) in [4.78, 5) is 0.406. The Morgan fingerprint density at radius 1 is 0.880 bits per heavy atom. The van der Waals surface area contributed by atoms with Gasteiger partial charge in [-0.2, -0.15) is 4.31 Å². The molecular weight excluding hydrogens is 356 g/mol. The molecule has 4 nitrogen and oxygen atoms in total. The Morgan fingerprint density at radius 3 is 2.20 bits per heavy atom. The molecule has 1 aliphatic rings. The molecule has 25 heavy (non-hydrogen) atoms. The summed E-state index contributed by atoms with van der Waals surface area (Å²) in [6.45, 7) is 2.31. The van der Waals surface area contributed by atoms with Gasteiger partial charge in [-0.1, -0.05) is 54.4 Å². The molecule has 1 heterocycles. The lowest BCUT2D eigenvalue weighted by Crippen LogP contribution is -2.36. The van der Waals surface area contributed by atoms with E-state index < -0.39 is 10.0 Å². The van der Waals surface area contributed by atoms with E-state index in [1.165, 1.54) is 0 Å². The fourth-order valence-electron chi connectivity index (χ4n) is 3.12. The van der Waals surface area contributed by atoms with Crippen molar-refractivity contribution in [2.24, 2.45) is 0 Å². The van der Waals surface area contributed by atoms with Crippen LogP contribution in [0.2, 0.25) is 5.02 Å². The Kier molecular flexibility index (Phi) is 6.12. The summed E-state index contributed by atoms with van der Waals surface area (Å²) in [6.07, 6.45) is 2.98. The molecule has 0 unspecified atom stereocenters. The lowest BCUT2D eigenvalue weighted by Gasteiger charge is -2.26. The zero-order chi connectivity index (χ0) is 17.7. The molecule has 1 N–H and O–H groups in total. The minimum atomic E-state index is -3.43. The summed E-state index contributed by atoms with van der Waals surface area (Å²) in [5.41, 5.74) is 1.79. The first-order valence-electron chi connectivity index (χ1n) is 8.61. The molecule has 0 amide bonds. The van der Waals surface area contributed by atoms with Crippen LogP contribution >= 0.6 is 11.6 Å². The highest BCUT2D eigenvalue weighted by Crippen LogP contribution is 2.23. The van der Waals surface area contributed by atoms with Crippen LogP contribution in [-0.4, -0.2) is 25.8 Å². The molecular formula is C19H23ClN2O2S. The van der Waals surface area contributed by atoms with Crippen LogP contribution in [0.3, 0.4) is 0 Å². The van der Waals surface area contributed by atoms with Gasteiger partial charge in [-0.25, -0.2) is 8.42 Å². The van der Waals surface area contributed by atoms with Gasteiger partial charge in [0.1, 0.15) is 0 Å². The smallest absolute Gasteiger partial charge is 0.243 e. The van der Waals surface area contributed by atoms with Crippen molar-refractivity contribution in [3.05, 3.63) is 64.7 Å². The van der Waals surface area contributed by atoms with E-state index in [-0.39, 0.29) is 0 Å². The van der Waals surface area contributed by atoms with E-state index in [9.17, 15) is 8.42 Å². The monoisotopic (exact) mass is 378 g/mol. The van der Waals surface area contributed by atoms with Gasteiger partial charge in [-0.3, -0.25) is 0 Å². The molecule has 0 aliphatic carbocycles. The summed E-state index contributed by atoms with van der Waals surface area (Å²) in [5.74, 6) is 0. The van der Waals surface area contributed by atoms with E-state index >= 15 is 0 Å². The molecule has 0 bridgehead atoms. The third kappa shape index (κ3) is 4.42. The molecule has 3 rings (SSSR count). The second-order valence-corrected chi connectivity index (χ2v) is 8.58. The van der Waals surface area contributed by atoms with E-state index in [2.05, 4.69) is 5.32 Å². The molecule has 0 radical (unpaired) electrons. The van der Waals surface area contributed by atoms with Crippen LogP contribution in [0.4, 0.5) is 0 Å². The number of benzene rings is 2. The maximum atomic E-state index is 13.0. The predicted octanol–water partition coefficient (Wildman–Crippen LogP) is 3.80. The van der Waals surface area contributed by atoms with Gasteiger partial charge in [0.05, 0.1) is 4.90 Å². The quantitative estimate of drug-likeness (QED) is 0.831. The molecule has 1 fully saturated rings. The van der Waals surface area contributed by atoms with Crippen molar-refractivity contribution < 1.29 is 8.42 Å².